The maximum Gasteiger partial charge on any atom is 0.283 e. The number of benzene rings is 1. The molecule has 0 bridgehead atoms. The molecule has 7 heteroatoms. The van der Waals surface area contributed by atoms with Gasteiger partial charge in [-0.1, -0.05) is 24.3 Å². The van der Waals surface area contributed by atoms with E-state index in [-0.39, 0.29) is 5.69 Å². The number of nitrogens with zero attached hydrogens (tertiary/aromatic N) is 4. The first-order valence-electron chi connectivity index (χ1n) is 9.60. The van der Waals surface area contributed by atoms with Crippen LogP contribution >= 0.6 is 0 Å². The van der Waals surface area contributed by atoms with Crippen molar-refractivity contribution in [2.45, 2.75) is 26.4 Å². The number of nitrogens with one attached hydrogen (secondary N) is 1. The Balaban J connectivity index is 1.43. The number of aromatic nitrogens is 3. The third kappa shape index (κ3) is 3.53. The van der Waals surface area contributed by atoms with E-state index in [0.29, 0.717) is 24.3 Å². The molecule has 1 aromatic carbocycles. The lowest BCUT2D eigenvalue weighted by Crippen LogP contribution is -2.40. The zero-order chi connectivity index (χ0) is 19.5. The van der Waals surface area contributed by atoms with Gasteiger partial charge in [0.1, 0.15) is 5.52 Å². The Kier molecular flexibility index (Phi) is 5.16. The largest absolute Gasteiger partial charge is 0.349 e. The van der Waals surface area contributed by atoms with Crippen LogP contribution in [0.5, 0.6) is 0 Å². The van der Waals surface area contributed by atoms with Gasteiger partial charge in [-0.3, -0.25) is 19.1 Å². The maximum absolute atomic E-state index is 12.6. The van der Waals surface area contributed by atoms with Crippen molar-refractivity contribution in [2.24, 2.45) is 0 Å². The van der Waals surface area contributed by atoms with E-state index in [4.69, 9.17) is 0 Å². The zero-order valence-corrected chi connectivity index (χ0v) is 15.9. The lowest BCUT2D eigenvalue weighted by Gasteiger charge is -2.28. The van der Waals surface area contributed by atoms with Gasteiger partial charge in [-0.15, -0.1) is 0 Å². The lowest BCUT2D eigenvalue weighted by atomic mass is 10.00. The second kappa shape index (κ2) is 7.90. The Morgan fingerprint density at radius 2 is 2.00 bits per heavy atom. The summed E-state index contributed by atoms with van der Waals surface area (Å²) in [4.78, 5) is 36.0. The third-order valence-electron chi connectivity index (χ3n) is 5.16. The first kappa shape index (κ1) is 18.3. The van der Waals surface area contributed by atoms with Gasteiger partial charge in [0, 0.05) is 38.9 Å². The van der Waals surface area contributed by atoms with Crippen LogP contribution in [0.4, 0.5) is 0 Å². The van der Waals surface area contributed by atoms with Gasteiger partial charge < -0.3 is 5.32 Å². The molecule has 3 heterocycles. The van der Waals surface area contributed by atoms with Gasteiger partial charge in [0.05, 0.1) is 0 Å². The molecule has 0 unspecified atom stereocenters. The minimum Gasteiger partial charge on any atom is -0.349 e. The molecule has 4 rings (SSSR count). The molecule has 28 heavy (non-hydrogen) atoms. The Morgan fingerprint density at radius 3 is 2.82 bits per heavy atom. The molecule has 1 N–H and O–H groups in total. The van der Waals surface area contributed by atoms with E-state index < -0.39 is 11.5 Å². The van der Waals surface area contributed by atoms with Crippen molar-refractivity contribution in [1.29, 1.82) is 0 Å². The number of aryl methyl sites for hydroxylation is 1. The number of fused-ring (bicyclic) bond motifs is 2. The SMILES string of the molecule is CCn1c(=O)c(C(=O)NCCN2CCc3ccccc3C2)nc2cccnc21. The van der Waals surface area contributed by atoms with Crippen molar-refractivity contribution in [3.8, 4) is 0 Å². The molecule has 7 nitrogen and oxygen atoms in total. The first-order chi connectivity index (χ1) is 13.7. The fourth-order valence-electron chi connectivity index (χ4n) is 3.67. The lowest BCUT2D eigenvalue weighted by molar-refractivity contribution is 0.0940. The van der Waals surface area contributed by atoms with Crippen molar-refractivity contribution in [1.82, 2.24) is 24.8 Å². The molecule has 0 saturated carbocycles. The van der Waals surface area contributed by atoms with Gasteiger partial charge in [-0.25, -0.2) is 9.97 Å². The summed E-state index contributed by atoms with van der Waals surface area (Å²) in [6, 6.07) is 12.0. The average Bonchev–Trinajstić information content (AvgIpc) is 2.73. The van der Waals surface area contributed by atoms with Crippen molar-refractivity contribution >= 4 is 17.1 Å². The molecular formula is C21H23N5O2. The molecular weight excluding hydrogens is 354 g/mol. The van der Waals surface area contributed by atoms with E-state index in [0.717, 1.165) is 26.1 Å². The number of carbonyl (C=O) groups excluding carboxylic acids is 1. The van der Waals surface area contributed by atoms with Crippen LogP contribution in [0.15, 0.2) is 47.4 Å². The molecule has 0 fully saturated rings. The predicted molar refractivity (Wildman–Crippen MR) is 107 cm³/mol. The summed E-state index contributed by atoms with van der Waals surface area (Å²) in [7, 11) is 0. The van der Waals surface area contributed by atoms with Crippen molar-refractivity contribution in [3.63, 3.8) is 0 Å². The molecule has 1 aliphatic heterocycles. The molecule has 1 aliphatic rings. The van der Waals surface area contributed by atoms with Gasteiger partial charge in [-0.2, -0.15) is 0 Å². The highest BCUT2D eigenvalue weighted by molar-refractivity contribution is 5.93. The van der Waals surface area contributed by atoms with Crippen LogP contribution in [0.3, 0.4) is 0 Å². The van der Waals surface area contributed by atoms with Crippen LogP contribution < -0.4 is 10.9 Å². The number of carbonyl (C=O) groups is 1. The summed E-state index contributed by atoms with van der Waals surface area (Å²) in [6.45, 7) is 5.34. The standard InChI is InChI=1S/C21H23N5O2/c1-2-26-19-17(8-5-10-22-19)24-18(21(26)28)20(27)23-11-13-25-12-9-15-6-3-4-7-16(15)14-25/h3-8,10H,2,9,11-14H2,1H3,(H,23,27). The Hall–Kier alpha value is -3.06. The van der Waals surface area contributed by atoms with E-state index >= 15 is 0 Å². The van der Waals surface area contributed by atoms with Gasteiger partial charge in [-0.05, 0) is 36.6 Å². The smallest absolute Gasteiger partial charge is 0.283 e. The Labute approximate surface area is 163 Å². The van der Waals surface area contributed by atoms with E-state index in [9.17, 15) is 9.59 Å². The second-order valence-corrected chi connectivity index (χ2v) is 6.91. The van der Waals surface area contributed by atoms with E-state index in [1.54, 1.807) is 18.3 Å². The second-order valence-electron chi connectivity index (χ2n) is 6.91. The van der Waals surface area contributed by atoms with Crippen LogP contribution in [0, 0.1) is 0 Å². The van der Waals surface area contributed by atoms with Crippen molar-refractivity contribution in [3.05, 3.63) is 69.8 Å². The van der Waals surface area contributed by atoms with E-state index in [1.165, 1.54) is 15.7 Å². The number of pyridine rings is 1. The van der Waals surface area contributed by atoms with Crippen molar-refractivity contribution in [2.75, 3.05) is 19.6 Å². The van der Waals surface area contributed by atoms with Crippen LogP contribution in [0.1, 0.15) is 28.5 Å². The molecule has 144 valence electrons. The number of amides is 1. The minimum atomic E-state index is -0.435. The van der Waals surface area contributed by atoms with Crippen LogP contribution in [0.25, 0.3) is 11.2 Å². The summed E-state index contributed by atoms with van der Waals surface area (Å²) < 4.78 is 1.48. The van der Waals surface area contributed by atoms with Crippen LogP contribution in [-0.2, 0) is 19.5 Å². The molecule has 0 saturated heterocycles. The number of hydrogen-bond donors (Lipinski definition) is 1. The number of hydrogen-bond acceptors (Lipinski definition) is 5. The fraction of sp³-hybridized carbons (Fsp3) is 0.333. The van der Waals surface area contributed by atoms with E-state index in [2.05, 4.69) is 44.5 Å². The number of rotatable bonds is 5. The van der Waals surface area contributed by atoms with E-state index in [1.807, 2.05) is 6.92 Å². The summed E-state index contributed by atoms with van der Waals surface area (Å²) in [5.41, 5.74) is 3.30. The minimum absolute atomic E-state index is 0.0775. The highest BCUT2D eigenvalue weighted by Crippen LogP contribution is 2.17. The molecule has 0 atom stereocenters. The quantitative estimate of drug-likeness (QED) is 0.731. The van der Waals surface area contributed by atoms with Gasteiger partial charge in [0.2, 0.25) is 0 Å². The zero-order valence-electron chi connectivity index (χ0n) is 15.9. The molecule has 3 aromatic rings. The topological polar surface area (TPSA) is 80.1 Å². The molecule has 0 aliphatic carbocycles. The Morgan fingerprint density at radius 1 is 1.18 bits per heavy atom. The van der Waals surface area contributed by atoms with Crippen LogP contribution in [-0.4, -0.2) is 45.0 Å². The first-order valence-corrected chi connectivity index (χ1v) is 9.60. The van der Waals surface area contributed by atoms with Crippen LogP contribution in [0.2, 0.25) is 0 Å². The molecule has 0 spiro atoms. The maximum atomic E-state index is 12.6. The molecule has 2 aromatic heterocycles. The van der Waals surface area contributed by atoms with Gasteiger partial charge >= 0.3 is 0 Å². The Bertz CT molecular complexity index is 1080. The fourth-order valence-corrected chi connectivity index (χ4v) is 3.67. The van der Waals surface area contributed by atoms with Gasteiger partial charge in [0.25, 0.3) is 11.5 Å². The monoisotopic (exact) mass is 377 g/mol. The van der Waals surface area contributed by atoms with Gasteiger partial charge in [0.15, 0.2) is 11.3 Å². The summed E-state index contributed by atoms with van der Waals surface area (Å²) in [6.07, 6.45) is 2.64. The predicted octanol–water partition coefficient (Wildman–Crippen LogP) is 1.60. The average molecular weight is 377 g/mol. The highest BCUT2D eigenvalue weighted by Gasteiger charge is 2.19. The van der Waals surface area contributed by atoms with Crippen molar-refractivity contribution < 1.29 is 4.79 Å². The summed E-state index contributed by atoms with van der Waals surface area (Å²) >= 11 is 0. The molecule has 1 amide bonds. The molecule has 0 radical (unpaired) electrons. The summed E-state index contributed by atoms with van der Waals surface area (Å²) in [5, 5.41) is 2.85. The third-order valence-corrected chi connectivity index (χ3v) is 5.16. The normalized spacial score (nSPS) is 14.0. The highest BCUT2D eigenvalue weighted by atomic mass is 16.2. The summed E-state index contributed by atoms with van der Waals surface area (Å²) in [5.74, 6) is -0.435.